The molecule has 3 nitrogen and oxygen atoms in total. The van der Waals surface area contributed by atoms with Crippen molar-refractivity contribution in [3.63, 3.8) is 0 Å². The van der Waals surface area contributed by atoms with Crippen LogP contribution in [-0.4, -0.2) is 37.2 Å². The third kappa shape index (κ3) is 3.22. The van der Waals surface area contributed by atoms with E-state index in [1.807, 2.05) is 0 Å². The van der Waals surface area contributed by atoms with Crippen LogP contribution in [0.15, 0.2) is 12.4 Å². The number of hydrogen-bond donors (Lipinski definition) is 1. The molecular formula is C11H22N2O. The summed E-state index contributed by atoms with van der Waals surface area (Å²) in [5.74, 6) is 1.67. The van der Waals surface area contributed by atoms with Gasteiger partial charge in [0.05, 0.1) is 19.0 Å². The fourth-order valence-corrected chi connectivity index (χ4v) is 1.35. The van der Waals surface area contributed by atoms with Gasteiger partial charge in [0.25, 0.3) is 0 Å². The summed E-state index contributed by atoms with van der Waals surface area (Å²) in [4.78, 5) is 2.25. The van der Waals surface area contributed by atoms with Crippen molar-refractivity contribution >= 4 is 0 Å². The third-order valence-corrected chi connectivity index (χ3v) is 2.79. The summed E-state index contributed by atoms with van der Waals surface area (Å²) >= 11 is 0. The summed E-state index contributed by atoms with van der Waals surface area (Å²) in [6.07, 6.45) is 0. The number of nitrogens with zero attached hydrogens (tertiary/aromatic N) is 1. The molecule has 1 heterocycles. The van der Waals surface area contributed by atoms with E-state index in [1.165, 1.54) is 0 Å². The van der Waals surface area contributed by atoms with Crippen LogP contribution in [0.4, 0.5) is 0 Å². The first-order valence-corrected chi connectivity index (χ1v) is 5.39. The molecule has 14 heavy (non-hydrogen) atoms. The highest BCUT2D eigenvalue weighted by molar-refractivity contribution is 4.94. The molecule has 1 saturated heterocycles. The van der Waals surface area contributed by atoms with Crippen LogP contribution in [0, 0.1) is 5.92 Å². The Kier molecular flexibility index (Phi) is 4.26. The van der Waals surface area contributed by atoms with Crippen LogP contribution < -0.4 is 5.32 Å². The quantitative estimate of drug-likeness (QED) is 0.739. The molecule has 3 heteroatoms. The molecule has 0 aliphatic carbocycles. The van der Waals surface area contributed by atoms with Gasteiger partial charge in [0.15, 0.2) is 0 Å². The Labute approximate surface area is 87.1 Å². The van der Waals surface area contributed by atoms with Gasteiger partial charge in [0.1, 0.15) is 0 Å². The van der Waals surface area contributed by atoms with Gasteiger partial charge in [0.2, 0.25) is 0 Å². The number of hydrogen-bond acceptors (Lipinski definition) is 3. The highest BCUT2D eigenvalue weighted by Crippen LogP contribution is 2.07. The van der Waals surface area contributed by atoms with Crippen molar-refractivity contribution < 1.29 is 4.74 Å². The Hall–Kier alpha value is -0.700. The standard InChI is InChI=1S/C11H22N2O/c1-9(2)10(3)12-11(4)13-5-7-14-8-6-13/h9-10,12H,4-8H2,1-3H3/t10-/m1/s1. The summed E-state index contributed by atoms with van der Waals surface area (Å²) in [5, 5.41) is 3.42. The molecule has 0 aromatic carbocycles. The topological polar surface area (TPSA) is 24.5 Å². The molecule has 1 aliphatic rings. The molecule has 0 saturated carbocycles. The van der Waals surface area contributed by atoms with Crippen molar-refractivity contribution in [2.75, 3.05) is 26.3 Å². The van der Waals surface area contributed by atoms with E-state index in [0.717, 1.165) is 32.1 Å². The minimum atomic E-state index is 0.477. The molecule has 0 radical (unpaired) electrons. The fourth-order valence-electron chi connectivity index (χ4n) is 1.35. The fraction of sp³-hybridized carbons (Fsp3) is 0.818. The van der Waals surface area contributed by atoms with Gasteiger partial charge in [-0.05, 0) is 12.8 Å². The molecule has 0 unspecified atom stereocenters. The van der Waals surface area contributed by atoms with Gasteiger partial charge in [-0.25, -0.2) is 0 Å². The van der Waals surface area contributed by atoms with Gasteiger partial charge in [0, 0.05) is 19.1 Å². The first kappa shape index (κ1) is 11.4. The lowest BCUT2D eigenvalue weighted by Gasteiger charge is -2.33. The average Bonchev–Trinajstić information content (AvgIpc) is 2.19. The number of rotatable bonds is 4. The molecule has 1 atom stereocenters. The van der Waals surface area contributed by atoms with Gasteiger partial charge in [-0.15, -0.1) is 0 Å². The van der Waals surface area contributed by atoms with E-state index in [1.54, 1.807) is 0 Å². The molecular weight excluding hydrogens is 176 g/mol. The van der Waals surface area contributed by atoms with Crippen LogP contribution in [0.2, 0.25) is 0 Å². The predicted octanol–water partition coefficient (Wildman–Crippen LogP) is 1.42. The van der Waals surface area contributed by atoms with Gasteiger partial charge in [-0.2, -0.15) is 0 Å². The second-order valence-corrected chi connectivity index (χ2v) is 4.22. The predicted molar refractivity (Wildman–Crippen MR) is 59.0 cm³/mol. The van der Waals surface area contributed by atoms with E-state index in [9.17, 15) is 0 Å². The van der Waals surface area contributed by atoms with Crippen molar-refractivity contribution in [1.29, 1.82) is 0 Å². The van der Waals surface area contributed by atoms with Crippen LogP contribution in [-0.2, 0) is 4.74 Å². The number of ether oxygens (including phenoxy) is 1. The van der Waals surface area contributed by atoms with E-state index in [-0.39, 0.29) is 0 Å². The van der Waals surface area contributed by atoms with Gasteiger partial charge < -0.3 is 15.0 Å². The smallest absolute Gasteiger partial charge is 0.0942 e. The summed E-state index contributed by atoms with van der Waals surface area (Å²) in [5.41, 5.74) is 0. The zero-order valence-electron chi connectivity index (χ0n) is 9.55. The van der Waals surface area contributed by atoms with Gasteiger partial charge >= 0.3 is 0 Å². The third-order valence-electron chi connectivity index (χ3n) is 2.79. The first-order chi connectivity index (χ1) is 6.61. The largest absolute Gasteiger partial charge is 0.378 e. The summed E-state index contributed by atoms with van der Waals surface area (Å²) in [7, 11) is 0. The van der Waals surface area contributed by atoms with Crippen molar-refractivity contribution in [2.24, 2.45) is 5.92 Å². The lowest BCUT2D eigenvalue weighted by Crippen LogP contribution is -2.43. The highest BCUT2D eigenvalue weighted by Gasteiger charge is 2.14. The molecule has 1 fully saturated rings. The number of nitrogens with one attached hydrogen (secondary N) is 1. The Morgan fingerprint density at radius 3 is 2.36 bits per heavy atom. The average molecular weight is 198 g/mol. The normalized spacial score (nSPS) is 19.6. The SMILES string of the molecule is C=C(N[C@H](C)C(C)C)N1CCOCC1. The molecule has 1 aliphatic heterocycles. The maximum atomic E-state index is 5.29. The molecule has 1 N–H and O–H groups in total. The van der Waals surface area contributed by atoms with Crippen molar-refractivity contribution in [1.82, 2.24) is 10.2 Å². The van der Waals surface area contributed by atoms with E-state index in [4.69, 9.17) is 4.74 Å². The Morgan fingerprint density at radius 1 is 1.29 bits per heavy atom. The second kappa shape index (κ2) is 5.25. The molecule has 0 aromatic heterocycles. The maximum absolute atomic E-state index is 5.29. The minimum absolute atomic E-state index is 0.477. The molecule has 0 bridgehead atoms. The second-order valence-electron chi connectivity index (χ2n) is 4.22. The minimum Gasteiger partial charge on any atom is -0.378 e. The Bertz CT molecular complexity index is 186. The Balaban J connectivity index is 2.33. The highest BCUT2D eigenvalue weighted by atomic mass is 16.5. The molecule has 0 aromatic rings. The van der Waals surface area contributed by atoms with E-state index < -0.39 is 0 Å². The van der Waals surface area contributed by atoms with E-state index >= 15 is 0 Å². The van der Waals surface area contributed by atoms with E-state index in [2.05, 4.69) is 37.6 Å². The van der Waals surface area contributed by atoms with Crippen molar-refractivity contribution in [3.05, 3.63) is 12.4 Å². The Morgan fingerprint density at radius 2 is 1.86 bits per heavy atom. The summed E-state index contributed by atoms with van der Waals surface area (Å²) in [6, 6.07) is 0.477. The lowest BCUT2D eigenvalue weighted by atomic mass is 10.1. The van der Waals surface area contributed by atoms with Crippen LogP contribution in [0.1, 0.15) is 20.8 Å². The number of morpholine rings is 1. The van der Waals surface area contributed by atoms with Crippen LogP contribution in [0.5, 0.6) is 0 Å². The van der Waals surface area contributed by atoms with Gasteiger partial charge in [-0.1, -0.05) is 20.4 Å². The van der Waals surface area contributed by atoms with E-state index in [0.29, 0.717) is 12.0 Å². The zero-order chi connectivity index (χ0) is 10.6. The molecule has 1 rings (SSSR count). The van der Waals surface area contributed by atoms with Crippen LogP contribution in [0.25, 0.3) is 0 Å². The molecule has 82 valence electrons. The molecule has 0 spiro atoms. The maximum Gasteiger partial charge on any atom is 0.0942 e. The first-order valence-electron chi connectivity index (χ1n) is 5.39. The summed E-state index contributed by atoms with van der Waals surface area (Å²) < 4.78 is 5.29. The zero-order valence-corrected chi connectivity index (χ0v) is 9.55. The monoisotopic (exact) mass is 198 g/mol. The van der Waals surface area contributed by atoms with Crippen LogP contribution in [0.3, 0.4) is 0 Å². The van der Waals surface area contributed by atoms with Crippen molar-refractivity contribution in [3.8, 4) is 0 Å². The van der Waals surface area contributed by atoms with Gasteiger partial charge in [-0.3, -0.25) is 0 Å². The lowest BCUT2D eigenvalue weighted by molar-refractivity contribution is 0.0494. The summed E-state index contributed by atoms with van der Waals surface area (Å²) in [6.45, 7) is 14.2. The molecule has 0 amide bonds. The van der Waals surface area contributed by atoms with Crippen molar-refractivity contribution in [2.45, 2.75) is 26.8 Å². The van der Waals surface area contributed by atoms with Crippen LogP contribution >= 0.6 is 0 Å².